The molecule has 0 aromatic heterocycles. The molecular formula is C10H11F2NO2S. The van der Waals surface area contributed by atoms with Crippen LogP contribution in [0.5, 0.6) is 0 Å². The summed E-state index contributed by atoms with van der Waals surface area (Å²) in [6, 6.07) is 1.21. The minimum Gasteiger partial charge on any atom is -0.481 e. The number of benzene rings is 1. The van der Waals surface area contributed by atoms with Crippen LogP contribution in [0, 0.1) is 11.6 Å². The van der Waals surface area contributed by atoms with E-state index < -0.39 is 30.1 Å². The number of hydrogen-bond acceptors (Lipinski definition) is 3. The Morgan fingerprint density at radius 3 is 2.69 bits per heavy atom. The molecule has 0 saturated heterocycles. The fraction of sp³-hybridized carbons (Fsp3) is 0.300. The number of halogens is 2. The smallest absolute Gasteiger partial charge is 0.305 e. The molecule has 88 valence electrons. The molecule has 0 heterocycles. The second-order valence-electron chi connectivity index (χ2n) is 3.18. The summed E-state index contributed by atoms with van der Waals surface area (Å²) in [6.45, 7) is 0. The SMILES string of the molecule is CSc1ccc(F)c(C(N)CC(=O)O)c1F. The summed E-state index contributed by atoms with van der Waals surface area (Å²) in [4.78, 5) is 10.7. The Kier molecular flexibility index (Phi) is 4.26. The Morgan fingerprint density at radius 2 is 2.19 bits per heavy atom. The molecule has 0 spiro atoms. The zero-order valence-electron chi connectivity index (χ0n) is 8.54. The molecule has 1 atom stereocenters. The number of aliphatic carboxylic acids is 1. The molecule has 1 aromatic rings. The van der Waals surface area contributed by atoms with E-state index in [0.29, 0.717) is 0 Å². The summed E-state index contributed by atoms with van der Waals surface area (Å²) in [5.41, 5.74) is 5.08. The lowest BCUT2D eigenvalue weighted by Crippen LogP contribution is -2.18. The summed E-state index contributed by atoms with van der Waals surface area (Å²) in [5, 5.41) is 8.52. The molecule has 0 amide bonds. The van der Waals surface area contributed by atoms with E-state index in [-0.39, 0.29) is 10.5 Å². The lowest BCUT2D eigenvalue weighted by Gasteiger charge is -2.13. The van der Waals surface area contributed by atoms with Crippen LogP contribution in [0.2, 0.25) is 0 Å². The second-order valence-corrected chi connectivity index (χ2v) is 4.03. The maximum atomic E-state index is 13.7. The molecule has 1 unspecified atom stereocenters. The Hall–Kier alpha value is -1.14. The van der Waals surface area contributed by atoms with Crippen LogP contribution in [0.25, 0.3) is 0 Å². The summed E-state index contributed by atoms with van der Waals surface area (Å²) < 4.78 is 27.0. The standard InChI is InChI=1S/C10H11F2NO2S/c1-16-7-3-2-5(11)9(10(7)12)6(13)4-8(14)15/h2-3,6H,4,13H2,1H3,(H,14,15). The number of rotatable bonds is 4. The molecule has 0 saturated carbocycles. The van der Waals surface area contributed by atoms with Crippen LogP contribution in [-0.2, 0) is 4.79 Å². The number of thioether (sulfide) groups is 1. The molecule has 0 aliphatic rings. The Labute approximate surface area is 95.6 Å². The first kappa shape index (κ1) is 12.9. The lowest BCUT2D eigenvalue weighted by molar-refractivity contribution is -0.137. The van der Waals surface area contributed by atoms with Gasteiger partial charge in [0.25, 0.3) is 0 Å². The predicted molar refractivity (Wildman–Crippen MR) is 57.3 cm³/mol. The van der Waals surface area contributed by atoms with Gasteiger partial charge in [0.05, 0.1) is 6.42 Å². The molecule has 3 N–H and O–H groups in total. The van der Waals surface area contributed by atoms with Crippen LogP contribution >= 0.6 is 11.8 Å². The van der Waals surface area contributed by atoms with Gasteiger partial charge in [0, 0.05) is 16.5 Å². The minimum atomic E-state index is -1.19. The molecule has 0 radical (unpaired) electrons. The average molecular weight is 247 g/mol. The summed E-state index contributed by atoms with van der Waals surface area (Å²) in [5.74, 6) is -2.79. The van der Waals surface area contributed by atoms with E-state index in [9.17, 15) is 13.6 Å². The molecule has 3 nitrogen and oxygen atoms in total. The largest absolute Gasteiger partial charge is 0.481 e. The monoisotopic (exact) mass is 247 g/mol. The molecule has 0 aliphatic heterocycles. The van der Waals surface area contributed by atoms with Crippen molar-refractivity contribution in [1.82, 2.24) is 0 Å². The summed E-state index contributed by atoms with van der Waals surface area (Å²) in [7, 11) is 0. The third-order valence-electron chi connectivity index (χ3n) is 2.08. The van der Waals surface area contributed by atoms with Gasteiger partial charge in [-0.05, 0) is 18.4 Å². The van der Waals surface area contributed by atoms with E-state index in [2.05, 4.69) is 0 Å². The van der Waals surface area contributed by atoms with E-state index in [4.69, 9.17) is 10.8 Å². The van der Waals surface area contributed by atoms with Crippen LogP contribution in [0.4, 0.5) is 8.78 Å². The molecule has 0 bridgehead atoms. The van der Waals surface area contributed by atoms with Gasteiger partial charge < -0.3 is 10.8 Å². The molecule has 0 fully saturated rings. The van der Waals surface area contributed by atoms with Crippen molar-refractivity contribution < 1.29 is 18.7 Å². The normalized spacial score (nSPS) is 12.5. The molecule has 1 rings (SSSR count). The zero-order valence-corrected chi connectivity index (χ0v) is 9.35. The van der Waals surface area contributed by atoms with Crippen molar-refractivity contribution in [1.29, 1.82) is 0 Å². The van der Waals surface area contributed by atoms with E-state index in [1.165, 1.54) is 6.07 Å². The molecular weight excluding hydrogens is 236 g/mol. The average Bonchev–Trinajstić information content (AvgIpc) is 2.16. The molecule has 0 aliphatic carbocycles. The number of hydrogen-bond donors (Lipinski definition) is 2. The Balaban J connectivity index is 3.15. The van der Waals surface area contributed by atoms with Gasteiger partial charge in [-0.25, -0.2) is 8.78 Å². The highest BCUT2D eigenvalue weighted by Crippen LogP contribution is 2.28. The van der Waals surface area contributed by atoms with E-state index in [1.54, 1.807) is 6.26 Å². The van der Waals surface area contributed by atoms with E-state index >= 15 is 0 Å². The predicted octanol–water partition coefficient (Wildman–Crippen LogP) is 2.16. The fourth-order valence-corrected chi connectivity index (χ4v) is 1.83. The van der Waals surface area contributed by atoms with Gasteiger partial charge in [-0.3, -0.25) is 4.79 Å². The lowest BCUT2D eigenvalue weighted by atomic mass is 10.0. The topological polar surface area (TPSA) is 63.3 Å². The van der Waals surface area contributed by atoms with Crippen molar-refractivity contribution in [3.05, 3.63) is 29.3 Å². The Morgan fingerprint density at radius 1 is 1.56 bits per heavy atom. The maximum absolute atomic E-state index is 13.7. The van der Waals surface area contributed by atoms with Crippen molar-refractivity contribution in [2.24, 2.45) is 5.73 Å². The van der Waals surface area contributed by atoms with Gasteiger partial charge in [0.1, 0.15) is 11.6 Å². The Bertz CT molecular complexity index is 412. The first-order chi connectivity index (χ1) is 7.47. The van der Waals surface area contributed by atoms with Crippen molar-refractivity contribution >= 4 is 17.7 Å². The minimum absolute atomic E-state index is 0.247. The third kappa shape index (κ3) is 2.70. The number of carbonyl (C=O) groups is 1. The van der Waals surface area contributed by atoms with Gasteiger partial charge in [-0.15, -0.1) is 11.8 Å². The third-order valence-corrected chi connectivity index (χ3v) is 2.83. The highest BCUT2D eigenvalue weighted by atomic mass is 32.2. The molecule has 1 aromatic carbocycles. The van der Waals surface area contributed by atoms with Crippen LogP contribution in [-0.4, -0.2) is 17.3 Å². The van der Waals surface area contributed by atoms with Crippen LogP contribution in [0.3, 0.4) is 0 Å². The van der Waals surface area contributed by atoms with Crippen molar-refractivity contribution in [3.63, 3.8) is 0 Å². The van der Waals surface area contributed by atoms with Gasteiger partial charge >= 0.3 is 5.97 Å². The fourth-order valence-electron chi connectivity index (χ4n) is 1.34. The number of carboxylic acid groups (broad SMARTS) is 1. The van der Waals surface area contributed by atoms with Crippen LogP contribution in [0.15, 0.2) is 17.0 Å². The highest BCUT2D eigenvalue weighted by molar-refractivity contribution is 7.98. The van der Waals surface area contributed by atoms with Gasteiger partial charge in [-0.2, -0.15) is 0 Å². The molecule has 16 heavy (non-hydrogen) atoms. The summed E-state index contributed by atoms with van der Waals surface area (Å²) >= 11 is 1.11. The van der Waals surface area contributed by atoms with Gasteiger partial charge in [0.15, 0.2) is 0 Å². The van der Waals surface area contributed by atoms with Crippen LogP contribution < -0.4 is 5.73 Å². The first-order valence-corrected chi connectivity index (χ1v) is 5.69. The van der Waals surface area contributed by atoms with Gasteiger partial charge in [-0.1, -0.05) is 0 Å². The van der Waals surface area contributed by atoms with Crippen molar-refractivity contribution in [3.8, 4) is 0 Å². The quantitative estimate of drug-likeness (QED) is 0.800. The maximum Gasteiger partial charge on any atom is 0.305 e. The second kappa shape index (κ2) is 5.27. The highest BCUT2D eigenvalue weighted by Gasteiger charge is 2.21. The number of nitrogens with two attached hydrogens (primary N) is 1. The summed E-state index contributed by atoms with van der Waals surface area (Å²) in [6.07, 6.45) is 1.13. The van der Waals surface area contributed by atoms with Gasteiger partial charge in [0.2, 0.25) is 0 Å². The van der Waals surface area contributed by atoms with Crippen molar-refractivity contribution in [2.75, 3.05) is 6.26 Å². The van der Waals surface area contributed by atoms with E-state index in [1.807, 2.05) is 0 Å². The van der Waals surface area contributed by atoms with Crippen molar-refractivity contribution in [2.45, 2.75) is 17.4 Å². The van der Waals surface area contributed by atoms with Crippen LogP contribution in [0.1, 0.15) is 18.0 Å². The first-order valence-electron chi connectivity index (χ1n) is 4.46. The zero-order chi connectivity index (χ0) is 12.3. The van der Waals surface area contributed by atoms with E-state index in [0.717, 1.165) is 17.8 Å². The molecule has 6 heteroatoms. The number of carboxylic acids is 1.